The Morgan fingerprint density at radius 1 is 0.383 bits per heavy atom. The molecule has 9 heteroatoms. The number of ether oxygens (including phenoxy) is 4. The van der Waals surface area contributed by atoms with E-state index in [2.05, 4.69) is 135 Å². The van der Waals surface area contributed by atoms with Gasteiger partial charge in [0.15, 0.2) is 6.10 Å². The highest BCUT2D eigenvalue weighted by molar-refractivity contribution is 5.72. The predicted octanol–water partition coefficient (Wildman–Crippen LogP) is 19.8. The number of quaternary nitrogens is 1. The largest absolute Gasteiger partial charge is 0.477 e. The Hall–Kier alpha value is -4.57. The molecule has 0 aromatic carbocycles. The van der Waals surface area contributed by atoms with Crippen molar-refractivity contribution in [3.05, 3.63) is 134 Å². The van der Waals surface area contributed by atoms with Gasteiger partial charge in [-0.25, -0.2) is 4.79 Å². The van der Waals surface area contributed by atoms with Crippen LogP contribution in [0, 0.1) is 0 Å². The second kappa shape index (κ2) is 61.5. The molecule has 0 heterocycles. The molecule has 0 amide bonds. The molecule has 0 radical (unpaired) electrons. The van der Waals surface area contributed by atoms with Gasteiger partial charge in [-0.05, 0) is 89.9 Å². The van der Waals surface area contributed by atoms with Crippen LogP contribution in [0.1, 0.15) is 245 Å². The normalized spacial score (nSPS) is 13.6. The Bertz CT molecular complexity index is 1790. The molecule has 0 aliphatic rings. The lowest BCUT2D eigenvalue weighted by Crippen LogP contribution is -2.40. The average Bonchev–Trinajstić information content (AvgIpc) is 3.44. The number of unbranched alkanes of at least 4 members (excludes halogenated alkanes) is 22. The standard InChI is InChI=1S/C72H119NO8/c1-6-8-10-12-14-16-18-20-22-23-24-25-26-27-28-29-30-31-32-33-34-35-36-37-38-39-40-41-42-43-44-45-46-47-49-51-53-55-57-59-61-63-70(75)81-68(67-80-72(71(76)77)78-65-64-73(3,4)5)66-79-69(74)62-60-58-56-54-52-50-48-21-19-17-15-13-11-9-7-2/h8-11,14-17,20-22,24-25,27-28,30-31,48,52,54,58,60,68,72H,6-7,12-13,18-19,23,26,29,32-47,49-51,53,55-57,59,61-67H2,1-5H3/p+1/b10-8-,11-9-,16-14-,17-15-,22-20-,25-24-,28-27-,31-30-,48-21-,54-52-,60-58-. The molecule has 0 spiro atoms. The lowest BCUT2D eigenvalue weighted by molar-refractivity contribution is -0.870. The summed E-state index contributed by atoms with van der Waals surface area (Å²) in [6.07, 6.45) is 86.1. The number of hydrogen-bond donors (Lipinski definition) is 1. The monoisotopic (exact) mass is 1130 g/mol. The van der Waals surface area contributed by atoms with E-state index in [1.54, 1.807) is 6.08 Å². The van der Waals surface area contributed by atoms with Gasteiger partial charge in [0.25, 0.3) is 6.29 Å². The fourth-order valence-electron chi connectivity index (χ4n) is 8.56. The van der Waals surface area contributed by atoms with Crippen LogP contribution in [0.15, 0.2) is 134 Å². The number of hydrogen-bond acceptors (Lipinski definition) is 7. The van der Waals surface area contributed by atoms with Crippen LogP contribution in [0.3, 0.4) is 0 Å². The molecule has 1 N–H and O–H groups in total. The van der Waals surface area contributed by atoms with Crippen LogP contribution >= 0.6 is 0 Å². The van der Waals surface area contributed by atoms with Gasteiger partial charge < -0.3 is 28.5 Å². The first-order valence-corrected chi connectivity index (χ1v) is 32.3. The van der Waals surface area contributed by atoms with Crippen LogP contribution < -0.4 is 0 Å². The lowest BCUT2D eigenvalue weighted by atomic mass is 10.0. The molecular weight excluding hydrogens is 1010 g/mol. The molecule has 2 unspecified atom stereocenters. The molecule has 0 aliphatic carbocycles. The number of allylic oxidation sites excluding steroid dienone is 21. The van der Waals surface area contributed by atoms with E-state index < -0.39 is 30.3 Å². The van der Waals surface area contributed by atoms with Gasteiger partial charge in [-0.2, -0.15) is 0 Å². The SMILES string of the molecule is CC/C=C\C/C=C\C/C=C\C/C=C\C/C=C\C/C=C\CCCCCCCCCCCCCCCCCCCCCCCCC(=O)OC(COC(=O)C/C=C\C/C=C\C/C=C\C/C=C\C/C=C\CC)COC(OCC[N+](C)(C)C)C(=O)O. The van der Waals surface area contributed by atoms with Crippen LogP contribution in [0.2, 0.25) is 0 Å². The average molecular weight is 1130 g/mol. The zero-order valence-corrected chi connectivity index (χ0v) is 52.4. The maximum Gasteiger partial charge on any atom is 0.361 e. The second-order valence-electron chi connectivity index (χ2n) is 22.3. The molecular formula is C72H120NO8+. The predicted molar refractivity (Wildman–Crippen MR) is 345 cm³/mol. The zero-order chi connectivity index (χ0) is 59.1. The summed E-state index contributed by atoms with van der Waals surface area (Å²) in [4.78, 5) is 37.3. The summed E-state index contributed by atoms with van der Waals surface area (Å²) in [6, 6.07) is 0. The number of aliphatic carboxylic acids is 1. The van der Waals surface area contributed by atoms with Crippen LogP contribution in [0.25, 0.3) is 0 Å². The Morgan fingerprint density at radius 2 is 0.704 bits per heavy atom. The molecule has 0 aliphatic heterocycles. The molecule has 2 atom stereocenters. The summed E-state index contributed by atoms with van der Waals surface area (Å²) in [5, 5.41) is 9.70. The Morgan fingerprint density at radius 3 is 1.05 bits per heavy atom. The van der Waals surface area contributed by atoms with Gasteiger partial charge in [-0.1, -0.05) is 276 Å². The minimum atomic E-state index is -1.53. The van der Waals surface area contributed by atoms with Crippen molar-refractivity contribution >= 4 is 17.9 Å². The van der Waals surface area contributed by atoms with Gasteiger partial charge in [0.2, 0.25) is 0 Å². The summed E-state index contributed by atoms with van der Waals surface area (Å²) in [7, 11) is 5.94. The summed E-state index contributed by atoms with van der Waals surface area (Å²) >= 11 is 0. The first-order chi connectivity index (χ1) is 39.6. The highest BCUT2D eigenvalue weighted by Gasteiger charge is 2.25. The Balaban J connectivity index is 4.03. The maximum absolute atomic E-state index is 12.9. The van der Waals surface area contributed by atoms with Crippen molar-refractivity contribution in [2.24, 2.45) is 0 Å². The van der Waals surface area contributed by atoms with Crippen molar-refractivity contribution in [2.75, 3.05) is 47.5 Å². The van der Waals surface area contributed by atoms with E-state index in [1.165, 1.54) is 122 Å². The number of nitrogens with zero attached hydrogens (tertiary/aromatic N) is 1. The Labute approximate surface area is 497 Å². The fraction of sp³-hybridized carbons (Fsp3) is 0.653. The molecule has 9 nitrogen and oxygen atoms in total. The molecule has 0 saturated carbocycles. The van der Waals surface area contributed by atoms with E-state index in [4.69, 9.17) is 18.9 Å². The molecule has 0 aromatic heterocycles. The van der Waals surface area contributed by atoms with Gasteiger partial charge in [0.05, 0.1) is 40.8 Å². The van der Waals surface area contributed by atoms with Crippen molar-refractivity contribution < 1.29 is 42.9 Å². The van der Waals surface area contributed by atoms with E-state index >= 15 is 0 Å². The summed E-state index contributed by atoms with van der Waals surface area (Å²) < 4.78 is 22.7. The summed E-state index contributed by atoms with van der Waals surface area (Å²) in [5.41, 5.74) is 0. The topological polar surface area (TPSA) is 108 Å². The van der Waals surface area contributed by atoms with Crippen LogP contribution in [-0.4, -0.2) is 87.4 Å². The van der Waals surface area contributed by atoms with Gasteiger partial charge in [0, 0.05) is 6.42 Å². The van der Waals surface area contributed by atoms with Gasteiger partial charge >= 0.3 is 17.9 Å². The molecule has 460 valence electrons. The lowest BCUT2D eigenvalue weighted by Gasteiger charge is -2.25. The van der Waals surface area contributed by atoms with E-state index in [9.17, 15) is 19.5 Å². The van der Waals surface area contributed by atoms with Crippen molar-refractivity contribution in [3.63, 3.8) is 0 Å². The van der Waals surface area contributed by atoms with Gasteiger partial charge in [-0.3, -0.25) is 9.59 Å². The molecule has 0 fully saturated rings. The maximum atomic E-state index is 12.9. The number of esters is 2. The van der Waals surface area contributed by atoms with Gasteiger partial charge in [0.1, 0.15) is 13.2 Å². The van der Waals surface area contributed by atoms with E-state index in [0.29, 0.717) is 23.9 Å². The molecule has 81 heavy (non-hydrogen) atoms. The Kier molecular flexibility index (Phi) is 58.0. The van der Waals surface area contributed by atoms with Crippen molar-refractivity contribution in [1.82, 2.24) is 0 Å². The number of carboxylic acid groups (broad SMARTS) is 1. The van der Waals surface area contributed by atoms with Crippen molar-refractivity contribution in [1.29, 1.82) is 0 Å². The van der Waals surface area contributed by atoms with E-state index in [-0.39, 0.29) is 32.7 Å². The minimum Gasteiger partial charge on any atom is -0.477 e. The summed E-state index contributed by atoms with van der Waals surface area (Å²) in [5.74, 6) is -2.17. The van der Waals surface area contributed by atoms with Crippen molar-refractivity contribution in [3.8, 4) is 0 Å². The third-order valence-corrected chi connectivity index (χ3v) is 13.4. The summed E-state index contributed by atoms with van der Waals surface area (Å²) in [6.45, 7) is 4.53. The number of rotatable bonds is 58. The van der Waals surface area contributed by atoms with Gasteiger partial charge in [-0.15, -0.1) is 0 Å². The zero-order valence-electron chi connectivity index (χ0n) is 52.4. The van der Waals surface area contributed by atoms with Crippen LogP contribution in [0.5, 0.6) is 0 Å². The molecule has 0 bridgehead atoms. The highest BCUT2D eigenvalue weighted by Crippen LogP contribution is 2.17. The highest BCUT2D eigenvalue weighted by atomic mass is 16.7. The smallest absolute Gasteiger partial charge is 0.361 e. The van der Waals surface area contributed by atoms with E-state index in [0.717, 1.165) is 83.5 Å². The fourth-order valence-corrected chi connectivity index (χ4v) is 8.56. The van der Waals surface area contributed by atoms with E-state index in [1.807, 2.05) is 27.2 Å². The molecule has 0 aromatic rings. The first-order valence-electron chi connectivity index (χ1n) is 32.3. The van der Waals surface area contributed by atoms with Crippen molar-refractivity contribution in [2.45, 2.75) is 257 Å². The van der Waals surface area contributed by atoms with Crippen LogP contribution in [-0.2, 0) is 33.3 Å². The quantitative estimate of drug-likeness (QED) is 0.0211. The molecule has 0 rings (SSSR count). The third-order valence-electron chi connectivity index (χ3n) is 13.4. The minimum absolute atomic E-state index is 0.0663. The number of carbonyl (C=O) groups excluding carboxylic acids is 2. The number of carboxylic acids is 1. The molecule has 0 saturated heterocycles. The third kappa shape index (κ3) is 62.9. The number of likely N-dealkylation sites (N-methyl/N-ethyl adjacent to an activating group) is 1. The first kappa shape index (κ1) is 76.4. The second-order valence-corrected chi connectivity index (χ2v) is 22.3. The van der Waals surface area contributed by atoms with Crippen LogP contribution in [0.4, 0.5) is 0 Å². The number of carbonyl (C=O) groups is 3.